The van der Waals surface area contributed by atoms with E-state index in [-0.39, 0.29) is 5.69 Å². The zero-order valence-corrected chi connectivity index (χ0v) is 16.2. The maximum absolute atomic E-state index is 11.1. The monoisotopic (exact) mass is 398 g/mol. The van der Waals surface area contributed by atoms with Gasteiger partial charge in [-0.25, -0.2) is 4.98 Å². The summed E-state index contributed by atoms with van der Waals surface area (Å²) < 4.78 is 5.38. The summed E-state index contributed by atoms with van der Waals surface area (Å²) in [6.07, 6.45) is 0. The number of methoxy groups -OCH3 is 1. The standard InChI is InChI=1S/C23H18N4O3/c1-30-20-12-15(27(28)29)11-10-14(20)13-24-21-16-6-2-4-8-18(16)25-22-17-7-3-5-9-19(17)26-23(21)22/h2-12,26H,13H2,1H3,(H,24,25). The lowest BCUT2D eigenvalue weighted by atomic mass is 10.1. The first-order valence-corrected chi connectivity index (χ1v) is 9.50. The van der Waals surface area contributed by atoms with Crippen LogP contribution in [0.25, 0.3) is 32.8 Å². The molecule has 0 aliphatic rings. The molecule has 5 rings (SSSR count). The van der Waals surface area contributed by atoms with Crippen molar-refractivity contribution < 1.29 is 9.66 Å². The number of benzene rings is 3. The van der Waals surface area contributed by atoms with Crippen LogP contribution in [0.15, 0.2) is 66.7 Å². The van der Waals surface area contributed by atoms with E-state index in [1.807, 2.05) is 42.5 Å². The Hall–Kier alpha value is -4.13. The summed E-state index contributed by atoms with van der Waals surface area (Å²) in [4.78, 5) is 19.0. The van der Waals surface area contributed by atoms with Crippen LogP contribution < -0.4 is 10.1 Å². The van der Waals surface area contributed by atoms with Gasteiger partial charge in [-0.05, 0) is 18.2 Å². The average Bonchev–Trinajstić information content (AvgIpc) is 3.14. The summed E-state index contributed by atoms with van der Waals surface area (Å²) in [6, 6.07) is 20.7. The number of para-hydroxylation sites is 2. The fourth-order valence-corrected chi connectivity index (χ4v) is 3.82. The molecule has 2 aromatic heterocycles. The Balaban J connectivity index is 1.64. The maximum Gasteiger partial charge on any atom is 0.273 e. The molecule has 0 atom stereocenters. The summed E-state index contributed by atoms with van der Waals surface area (Å²) >= 11 is 0. The Morgan fingerprint density at radius 1 is 1.07 bits per heavy atom. The lowest BCUT2D eigenvalue weighted by Gasteiger charge is -2.13. The van der Waals surface area contributed by atoms with E-state index in [9.17, 15) is 10.1 Å². The largest absolute Gasteiger partial charge is 0.496 e. The fraction of sp³-hybridized carbons (Fsp3) is 0.0870. The van der Waals surface area contributed by atoms with Gasteiger partial charge in [-0.2, -0.15) is 0 Å². The minimum atomic E-state index is -0.426. The van der Waals surface area contributed by atoms with Crippen molar-refractivity contribution in [2.75, 3.05) is 12.4 Å². The number of ether oxygens (including phenoxy) is 1. The molecule has 0 aliphatic heterocycles. The highest BCUT2D eigenvalue weighted by atomic mass is 16.6. The first-order valence-electron chi connectivity index (χ1n) is 9.50. The van der Waals surface area contributed by atoms with Gasteiger partial charge in [-0.1, -0.05) is 36.4 Å². The number of aromatic amines is 1. The molecule has 0 fully saturated rings. The number of nitrogens with one attached hydrogen (secondary N) is 2. The minimum Gasteiger partial charge on any atom is -0.496 e. The lowest BCUT2D eigenvalue weighted by Crippen LogP contribution is -2.04. The molecule has 0 saturated heterocycles. The van der Waals surface area contributed by atoms with Crippen molar-refractivity contribution in [2.24, 2.45) is 0 Å². The van der Waals surface area contributed by atoms with Crippen molar-refractivity contribution in [3.8, 4) is 5.75 Å². The maximum atomic E-state index is 11.1. The second-order valence-electron chi connectivity index (χ2n) is 7.00. The molecule has 3 aromatic carbocycles. The summed E-state index contributed by atoms with van der Waals surface area (Å²) in [7, 11) is 1.51. The predicted molar refractivity (Wildman–Crippen MR) is 118 cm³/mol. The second kappa shape index (κ2) is 7.04. The predicted octanol–water partition coefficient (Wildman–Crippen LogP) is 5.40. The van der Waals surface area contributed by atoms with Gasteiger partial charge in [0, 0.05) is 34.5 Å². The Bertz CT molecular complexity index is 1420. The van der Waals surface area contributed by atoms with E-state index in [0.717, 1.165) is 44.1 Å². The van der Waals surface area contributed by atoms with Crippen molar-refractivity contribution in [1.82, 2.24) is 9.97 Å². The number of nitrogens with zero attached hydrogens (tertiary/aromatic N) is 2. The summed E-state index contributed by atoms with van der Waals surface area (Å²) in [5.74, 6) is 0.475. The highest BCUT2D eigenvalue weighted by Gasteiger charge is 2.15. The van der Waals surface area contributed by atoms with E-state index in [4.69, 9.17) is 9.72 Å². The van der Waals surface area contributed by atoms with Crippen molar-refractivity contribution in [2.45, 2.75) is 6.54 Å². The van der Waals surface area contributed by atoms with Crippen LogP contribution in [0.4, 0.5) is 11.4 Å². The molecule has 30 heavy (non-hydrogen) atoms. The quantitative estimate of drug-likeness (QED) is 0.305. The zero-order valence-electron chi connectivity index (χ0n) is 16.2. The van der Waals surface area contributed by atoms with Crippen LogP contribution in [-0.2, 0) is 6.54 Å². The molecule has 0 bridgehead atoms. The van der Waals surface area contributed by atoms with Gasteiger partial charge in [0.15, 0.2) is 0 Å². The SMILES string of the molecule is COc1cc([N+](=O)[O-])ccc1CNc1c2ccccc2nc2c1[nH]c1ccccc12. The topological polar surface area (TPSA) is 93.1 Å². The molecule has 2 heterocycles. The number of nitro benzene ring substituents is 1. The van der Waals surface area contributed by atoms with E-state index >= 15 is 0 Å². The number of rotatable bonds is 5. The number of nitro groups is 1. The fourth-order valence-electron chi connectivity index (χ4n) is 3.82. The molecule has 148 valence electrons. The molecule has 0 unspecified atom stereocenters. The van der Waals surface area contributed by atoms with Gasteiger partial charge in [0.2, 0.25) is 0 Å². The van der Waals surface area contributed by atoms with Crippen molar-refractivity contribution in [1.29, 1.82) is 0 Å². The van der Waals surface area contributed by atoms with E-state index in [0.29, 0.717) is 12.3 Å². The van der Waals surface area contributed by atoms with E-state index in [2.05, 4.69) is 16.4 Å². The van der Waals surface area contributed by atoms with Gasteiger partial charge in [0.25, 0.3) is 5.69 Å². The van der Waals surface area contributed by atoms with Crippen LogP contribution in [0.2, 0.25) is 0 Å². The average molecular weight is 398 g/mol. The number of hydrogen-bond acceptors (Lipinski definition) is 5. The van der Waals surface area contributed by atoms with Gasteiger partial charge in [-0.3, -0.25) is 10.1 Å². The normalized spacial score (nSPS) is 11.2. The molecular weight excluding hydrogens is 380 g/mol. The van der Waals surface area contributed by atoms with E-state index in [1.165, 1.54) is 19.2 Å². The molecule has 0 aliphatic carbocycles. The third-order valence-electron chi connectivity index (χ3n) is 5.27. The molecule has 0 spiro atoms. The minimum absolute atomic E-state index is 0.00275. The molecule has 0 radical (unpaired) electrons. The van der Waals surface area contributed by atoms with Gasteiger partial charge in [0.05, 0.1) is 40.3 Å². The highest BCUT2D eigenvalue weighted by molar-refractivity contribution is 6.15. The Morgan fingerprint density at radius 3 is 2.63 bits per heavy atom. The van der Waals surface area contributed by atoms with Crippen molar-refractivity contribution in [3.05, 3.63) is 82.4 Å². The van der Waals surface area contributed by atoms with Crippen LogP contribution in [0.1, 0.15) is 5.56 Å². The number of anilines is 1. The van der Waals surface area contributed by atoms with Crippen LogP contribution in [0.5, 0.6) is 5.75 Å². The number of hydrogen-bond donors (Lipinski definition) is 2. The number of H-pyrrole nitrogens is 1. The molecule has 0 amide bonds. The van der Waals surface area contributed by atoms with Gasteiger partial charge < -0.3 is 15.0 Å². The molecular formula is C23H18N4O3. The summed E-state index contributed by atoms with van der Waals surface area (Å²) in [5, 5.41) is 16.6. The summed E-state index contributed by atoms with van der Waals surface area (Å²) in [5.41, 5.74) is 5.51. The van der Waals surface area contributed by atoms with Crippen LogP contribution >= 0.6 is 0 Å². The van der Waals surface area contributed by atoms with Gasteiger partial charge in [-0.15, -0.1) is 0 Å². The number of aromatic nitrogens is 2. The highest BCUT2D eigenvalue weighted by Crippen LogP contribution is 2.35. The van der Waals surface area contributed by atoms with Crippen molar-refractivity contribution in [3.63, 3.8) is 0 Å². The third kappa shape index (κ3) is 2.88. The first-order chi connectivity index (χ1) is 14.7. The summed E-state index contributed by atoms with van der Waals surface area (Å²) in [6.45, 7) is 0.444. The molecule has 5 aromatic rings. The zero-order chi connectivity index (χ0) is 20.7. The van der Waals surface area contributed by atoms with Gasteiger partial charge in [0.1, 0.15) is 5.75 Å². The smallest absolute Gasteiger partial charge is 0.273 e. The first kappa shape index (κ1) is 17.9. The Labute approximate surface area is 171 Å². The Morgan fingerprint density at radius 2 is 1.83 bits per heavy atom. The van der Waals surface area contributed by atoms with Gasteiger partial charge >= 0.3 is 0 Å². The molecule has 0 saturated carbocycles. The van der Waals surface area contributed by atoms with E-state index in [1.54, 1.807) is 6.07 Å². The molecule has 7 nitrogen and oxygen atoms in total. The Kier molecular flexibility index (Phi) is 4.21. The van der Waals surface area contributed by atoms with Crippen LogP contribution in [0, 0.1) is 10.1 Å². The number of non-ortho nitro benzene ring substituents is 1. The van der Waals surface area contributed by atoms with Crippen LogP contribution in [-0.4, -0.2) is 22.0 Å². The van der Waals surface area contributed by atoms with Crippen molar-refractivity contribution >= 4 is 44.2 Å². The molecule has 2 N–H and O–H groups in total. The molecule has 7 heteroatoms. The number of fused-ring (bicyclic) bond motifs is 4. The third-order valence-corrected chi connectivity index (χ3v) is 5.27. The number of pyridine rings is 1. The lowest BCUT2D eigenvalue weighted by molar-refractivity contribution is -0.384. The van der Waals surface area contributed by atoms with Crippen LogP contribution in [0.3, 0.4) is 0 Å². The second-order valence-corrected chi connectivity index (χ2v) is 7.00. The van der Waals surface area contributed by atoms with E-state index < -0.39 is 4.92 Å².